The van der Waals surface area contributed by atoms with Crippen LogP contribution in [0, 0.1) is 0 Å². The van der Waals surface area contributed by atoms with Crippen LogP contribution in [0.15, 0.2) is 10.9 Å². The second kappa shape index (κ2) is 5.87. The van der Waals surface area contributed by atoms with E-state index in [4.69, 9.17) is 0 Å². The molecule has 1 aromatic rings. The van der Waals surface area contributed by atoms with Crippen LogP contribution in [0.4, 0.5) is 4.79 Å². The van der Waals surface area contributed by atoms with Crippen LogP contribution in [0.3, 0.4) is 0 Å². The van der Waals surface area contributed by atoms with Gasteiger partial charge in [-0.3, -0.25) is 4.79 Å². The highest BCUT2D eigenvalue weighted by Gasteiger charge is 2.24. The maximum atomic E-state index is 12.3. The average molecular weight is 290 g/mol. The predicted molar refractivity (Wildman–Crippen MR) is 79.0 cm³/mol. The Labute approximate surface area is 124 Å². The highest BCUT2D eigenvalue weighted by molar-refractivity contribution is 5.74. The monoisotopic (exact) mass is 290 g/mol. The number of rotatable bonds is 1. The molecule has 0 unspecified atom stereocenters. The number of amides is 2. The van der Waals surface area contributed by atoms with Gasteiger partial charge < -0.3 is 10.2 Å². The van der Waals surface area contributed by atoms with Gasteiger partial charge in [-0.25, -0.2) is 9.48 Å². The van der Waals surface area contributed by atoms with E-state index in [-0.39, 0.29) is 11.6 Å². The summed E-state index contributed by atoms with van der Waals surface area (Å²) in [6.45, 7) is 1.15. The fourth-order valence-electron chi connectivity index (χ4n) is 3.18. The van der Waals surface area contributed by atoms with E-state index in [1.807, 2.05) is 0 Å². The Bertz CT molecular complexity index is 590. The zero-order valence-corrected chi connectivity index (χ0v) is 12.5. The topological polar surface area (TPSA) is 67.2 Å². The highest BCUT2D eigenvalue weighted by atomic mass is 16.2. The van der Waals surface area contributed by atoms with Gasteiger partial charge in [0, 0.05) is 44.2 Å². The molecule has 1 aliphatic carbocycles. The maximum Gasteiger partial charge on any atom is 0.317 e. The van der Waals surface area contributed by atoms with E-state index < -0.39 is 0 Å². The molecule has 0 radical (unpaired) electrons. The van der Waals surface area contributed by atoms with E-state index in [0.717, 1.165) is 24.1 Å². The first-order chi connectivity index (χ1) is 10.1. The second-order valence-electron chi connectivity index (χ2n) is 6.03. The van der Waals surface area contributed by atoms with Gasteiger partial charge in [0.25, 0.3) is 5.56 Å². The van der Waals surface area contributed by atoms with Crippen molar-refractivity contribution in [3.8, 4) is 0 Å². The summed E-state index contributed by atoms with van der Waals surface area (Å²) in [5, 5.41) is 7.40. The number of fused-ring (bicyclic) bond motifs is 1. The first kappa shape index (κ1) is 14.1. The van der Waals surface area contributed by atoms with Gasteiger partial charge >= 0.3 is 6.03 Å². The molecule has 1 fully saturated rings. The Balaban J connectivity index is 1.66. The molecule has 2 amide bonds. The number of carbonyl (C=O) groups excluding carboxylic acids is 1. The van der Waals surface area contributed by atoms with Crippen LogP contribution in [0.25, 0.3) is 0 Å². The van der Waals surface area contributed by atoms with Crippen molar-refractivity contribution < 1.29 is 4.79 Å². The number of nitrogens with one attached hydrogen (secondary N) is 1. The molecular formula is C15H22N4O2. The third-order valence-electron chi connectivity index (χ3n) is 4.46. The van der Waals surface area contributed by atoms with Crippen LogP contribution in [0.2, 0.25) is 0 Å². The lowest BCUT2D eigenvalue weighted by Crippen LogP contribution is -2.47. The summed E-state index contributed by atoms with van der Waals surface area (Å²) < 4.78 is 1.36. The van der Waals surface area contributed by atoms with E-state index in [2.05, 4.69) is 10.4 Å². The Morgan fingerprint density at radius 2 is 2.10 bits per heavy atom. The van der Waals surface area contributed by atoms with Crippen LogP contribution in [0.5, 0.6) is 0 Å². The molecule has 6 heteroatoms. The number of nitrogens with zero attached hydrogens (tertiary/aromatic N) is 3. The molecule has 1 aromatic heterocycles. The lowest BCUT2D eigenvalue weighted by Gasteiger charge is -2.31. The summed E-state index contributed by atoms with van der Waals surface area (Å²) in [5.74, 6) is 0. The molecule has 0 spiro atoms. The molecule has 2 aliphatic rings. The van der Waals surface area contributed by atoms with Gasteiger partial charge in [0.15, 0.2) is 0 Å². The summed E-state index contributed by atoms with van der Waals surface area (Å²) in [5.41, 5.74) is 1.69. The van der Waals surface area contributed by atoms with Crippen molar-refractivity contribution in [1.82, 2.24) is 20.0 Å². The molecule has 0 saturated heterocycles. The number of hydrogen-bond acceptors (Lipinski definition) is 3. The van der Waals surface area contributed by atoms with Gasteiger partial charge in [-0.1, -0.05) is 19.3 Å². The Morgan fingerprint density at radius 3 is 2.86 bits per heavy atom. The Hall–Kier alpha value is -1.85. The van der Waals surface area contributed by atoms with Crippen molar-refractivity contribution in [2.24, 2.45) is 7.05 Å². The van der Waals surface area contributed by atoms with Crippen molar-refractivity contribution >= 4 is 6.03 Å². The number of carbonyl (C=O) groups is 1. The van der Waals surface area contributed by atoms with E-state index in [1.165, 1.54) is 23.9 Å². The Morgan fingerprint density at radius 1 is 1.33 bits per heavy atom. The fourth-order valence-corrected chi connectivity index (χ4v) is 3.18. The van der Waals surface area contributed by atoms with Gasteiger partial charge in [0.05, 0.1) is 5.69 Å². The number of aromatic nitrogens is 2. The first-order valence-electron chi connectivity index (χ1n) is 7.75. The molecule has 1 saturated carbocycles. The molecule has 0 aromatic carbocycles. The number of urea groups is 1. The maximum absolute atomic E-state index is 12.3. The number of aryl methyl sites for hydroxylation is 1. The third kappa shape index (κ3) is 3.09. The molecule has 0 atom stereocenters. The average Bonchev–Trinajstić information content (AvgIpc) is 2.49. The minimum absolute atomic E-state index is 0.00627. The summed E-state index contributed by atoms with van der Waals surface area (Å²) in [6.07, 6.45) is 6.55. The molecule has 1 aliphatic heterocycles. The van der Waals surface area contributed by atoms with Crippen LogP contribution in [-0.2, 0) is 20.0 Å². The van der Waals surface area contributed by atoms with Crippen LogP contribution in [0.1, 0.15) is 43.4 Å². The predicted octanol–water partition coefficient (Wildman–Crippen LogP) is 1.18. The Kier molecular flexibility index (Phi) is 3.94. The lowest BCUT2D eigenvalue weighted by atomic mass is 9.96. The van der Waals surface area contributed by atoms with Gasteiger partial charge in [-0.15, -0.1) is 0 Å². The minimum Gasteiger partial charge on any atom is -0.335 e. The summed E-state index contributed by atoms with van der Waals surface area (Å²) in [4.78, 5) is 25.8. The molecule has 114 valence electrons. The minimum atomic E-state index is -0.122. The van der Waals surface area contributed by atoms with Gasteiger partial charge in [0.1, 0.15) is 0 Å². The van der Waals surface area contributed by atoms with Crippen molar-refractivity contribution in [2.45, 2.75) is 51.1 Å². The van der Waals surface area contributed by atoms with E-state index >= 15 is 0 Å². The van der Waals surface area contributed by atoms with E-state index in [1.54, 1.807) is 18.0 Å². The SMILES string of the molecule is Cn1nc2c(cc1=O)CN(C(=O)NC1CCCCC1)CC2. The zero-order valence-electron chi connectivity index (χ0n) is 12.5. The normalized spacial score (nSPS) is 19.2. The van der Waals surface area contributed by atoms with Crippen LogP contribution < -0.4 is 10.9 Å². The summed E-state index contributed by atoms with van der Waals surface area (Å²) in [7, 11) is 1.66. The standard InChI is InChI=1S/C15H22N4O2/c1-18-14(20)9-11-10-19(8-7-13(11)17-18)15(21)16-12-5-3-2-4-6-12/h9,12H,2-8,10H2,1H3,(H,16,21). The smallest absolute Gasteiger partial charge is 0.317 e. The second-order valence-corrected chi connectivity index (χ2v) is 6.03. The van der Waals surface area contributed by atoms with Crippen molar-refractivity contribution in [1.29, 1.82) is 0 Å². The summed E-state index contributed by atoms with van der Waals surface area (Å²) in [6, 6.07) is 1.91. The molecular weight excluding hydrogens is 268 g/mol. The first-order valence-corrected chi connectivity index (χ1v) is 7.75. The molecule has 2 heterocycles. The largest absolute Gasteiger partial charge is 0.335 e. The van der Waals surface area contributed by atoms with Gasteiger partial charge in [-0.05, 0) is 12.8 Å². The molecule has 0 bridgehead atoms. The van der Waals surface area contributed by atoms with Crippen LogP contribution >= 0.6 is 0 Å². The summed E-state index contributed by atoms with van der Waals surface area (Å²) >= 11 is 0. The zero-order chi connectivity index (χ0) is 14.8. The number of hydrogen-bond donors (Lipinski definition) is 1. The van der Waals surface area contributed by atoms with Gasteiger partial charge in [-0.2, -0.15) is 5.10 Å². The van der Waals surface area contributed by atoms with E-state index in [9.17, 15) is 9.59 Å². The van der Waals surface area contributed by atoms with Crippen molar-refractivity contribution in [3.05, 3.63) is 27.7 Å². The molecule has 1 N–H and O–H groups in total. The quantitative estimate of drug-likeness (QED) is 0.844. The van der Waals surface area contributed by atoms with E-state index in [0.29, 0.717) is 25.6 Å². The molecule has 6 nitrogen and oxygen atoms in total. The van der Waals surface area contributed by atoms with Gasteiger partial charge in [0.2, 0.25) is 0 Å². The molecule has 3 rings (SSSR count). The molecule has 21 heavy (non-hydrogen) atoms. The lowest BCUT2D eigenvalue weighted by molar-refractivity contribution is 0.184. The van der Waals surface area contributed by atoms with Crippen LogP contribution in [-0.4, -0.2) is 33.3 Å². The third-order valence-corrected chi connectivity index (χ3v) is 4.46. The highest BCUT2D eigenvalue weighted by Crippen LogP contribution is 2.19. The fraction of sp³-hybridized carbons (Fsp3) is 0.667. The van der Waals surface area contributed by atoms with Crippen molar-refractivity contribution in [3.63, 3.8) is 0 Å². The van der Waals surface area contributed by atoms with Crippen molar-refractivity contribution in [2.75, 3.05) is 6.54 Å².